The van der Waals surface area contributed by atoms with Gasteiger partial charge >= 0.3 is 0 Å². The van der Waals surface area contributed by atoms with Crippen LogP contribution in [-0.2, 0) is 11.3 Å². The molecule has 1 saturated carbocycles. The van der Waals surface area contributed by atoms with Crippen LogP contribution >= 0.6 is 0 Å². The lowest BCUT2D eigenvalue weighted by Gasteiger charge is -2.48. The van der Waals surface area contributed by atoms with Crippen LogP contribution in [-0.4, -0.2) is 45.8 Å². The molecule has 0 radical (unpaired) electrons. The molecule has 0 spiro atoms. The number of nitrogens with zero attached hydrogens (tertiary/aromatic N) is 3. The molecule has 31 heavy (non-hydrogen) atoms. The van der Waals surface area contributed by atoms with E-state index in [1.165, 1.54) is 56.0 Å². The van der Waals surface area contributed by atoms with Gasteiger partial charge in [0.25, 0.3) is 5.56 Å². The van der Waals surface area contributed by atoms with E-state index in [2.05, 4.69) is 15.3 Å². The molecule has 2 fully saturated rings. The van der Waals surface area contributed by atoms with E-state index >= 15 is 0 Å². The van der Waals surface area contributed by atoms with E-state index in [0.717, 1.165) is 18.5 Å². The third kappa shape index (κ3) is 4.40. The molecule has 6 nitrogen and oxygen atoms in total. The molecule has 1 N–H and O–H groups in total. The molecule has 1 saturated heterocycles. The zero-order valence-electron chi connectivity index (χ0n) is 19.0. The van der Waals surface area contributed by atoms with Crippen LogP contribution in [0.15, 0.2) is 29.1 Å². The molecule has 168 valence electrons. The highest BCUT2D eigenvalue weighted by Crippen LogP contribution is 2.35. The fraction of sp³-hybridized carbons (Fsp3) is 0.640. The monoisotopic (exact) mass is 424 g/mol. The molecular formula is C25H36N4O2. The Balaban J connectivity index is 1.56. The molecular weight excluding hydrogens is 388 g/mol. The maximum Gasteiger partial charge on any atom is 0.274 e. The summed E-state index contributed by atoms with van der Waals surface area (Å²) in [5, 5.41) is 9.28. The average molecular weight is 425 g/mol. The molecule has 1 aliphatic heterocycles. The number of piperidine rings is 1. The second-order valence-electron chi connectivity index (χ2n) is 9.32. The molecule has 6 heteroatoms. The Bertz CT molecular complexity index is 971. The van der Waals surface area contributed by atoms with Crippen molar-refractivity contribution in [3.8, 4) is 0 Å². The van der Waals surface area contributed by atoms with Gasteiger partial charge in [-0.1, -0.05) is 43.9 Å². The van der Waals surface area contributed by atoms with Gasteiger partial charge < -0.3 is 5.32 Å². The van der Waals surface area contributed by atoms with Gasteiger partial charge in [-0.25, -0.2) is 4.68 Å². The van der Waals surface area contributed by atoms with Crippen LogP contribution < -0.4 is 10.9 Å². The molecule has 4 rings (SSSR count). The fourth-order valence-electron chi connectivity index (χ4n) is 5.51. The van der Waals surface area contributed by atoms with Crippen molar-refractivity contribution in [1.29, 1.82) is 0 Å². The summed E-state index contributed by atoms with van der Waals surface area (Å²) in [7, 11) is 0. The third-order valence-corrected chi connectivity index (χ3v) is 7.40. The van der Waals surface area contributed by atoms with Gasteiger partial charge in [0, 0.05) is 24.0 Å². The quantitative estimate of drug-likeness (QED) is 0.765. The van der Waals surface area contributed by atoms with Crippen molar-refractivity contribution in [3.05, 3.63) is 40.3 Å². The zero-order chi connectivity index (χ0) is 21.8. The lowest BCUT2D eigenvalue weighted by molar-refractivity contribution is -0.123. The maximum absolute atomic E-state index is 13.3. The number of aromatic nitrogens is 2. The number of rotatable bonds is 6. The first-order chi connectivity index (χ1) is 15.1. The van der Waals surface area contributed by atoms with Gasteiger partial charge in [-0.2, -0.15) is 5.10 Å². The van der Waals surface area contributed by atoms with Crippen LogP contribution in [0.4, 0.5) is 0 Å². The van der Waals surface area contributed by atoms with Crippen LogP contribution in [0.2, 0.25) is 0 Å². The van der Waals surface area contributed by atoms with Crippen molar-refractivity contribution in [2.75, 3.05) is 19.6 Å². The van der Waals surface area contributed by atoms with Gasteiger partial charge in [0.2, 0.25) is 5.91 Å². The number of carbonyl (C=O) groups is 1. The van der Waals surface area contributed by atoms with E-state index < -0.39 is 5.92 Å². The number of likely N-dealkylation sites (tertiary alicyclic amines) is 1. The third-order valence-electron chi connectivity index (χ3n) is 7.40. The number of aryl methyl sites for hydroxylation is 1. The first kappa shape index (κ1) is 22.0. The smallest absolute Gasteiger partial charge is 0.274 e. The molecule has 1 aliphatic carbocycles. The zero-order valence-corrected chi connectivity index (χ0v) is 19.0. The predicted octanol–water partition coefficient (Wildman–Crippen LogP) is 3.82. The molecule has 1 atom stereocenters. The summed E-state index contributed by atoms with van der Waals surface area (Å²) >= 11 is 0. The molecule has 2 aromatic rings. The standard InChI is InChI=1S/C25H36N4O2/c1-3-29-24(31)21-13-7-6-12-20(21)22(27-29)19(2)23(30)26-18-25(14-8-4-9-15-25)28-16-10-5-11-17-28/h6-7,12-13,19H,3-5,8-11,14-18H2,1-2H3,(H,26,30)/t19-/m1/s1. The topological polar surface area (TPSA) is 67.2 Å². The highest BCUT2D eigenvalue weighted by molar-refractivity contribution is 5.91. The number of carbonyl (C=O) groups excluding carboxylic acids is 1. The van der Waals surface area contributed by atoms with Crippen LogP contribution in [0.1, 0.15) is 76.8 Å². The van der Waals surface area contributed by atoms with Crippen LogP contribution in [0, 0.1) is 0 Å². The minimum atomic E-state index is -0.412. The highest BCUT2D eigenvalue weighted by atomic mass is 16.2. The van der Waals surface area contributed by atoms with E-state index in [0.29, 0.717) is 24.2 Å². The Morgan fingerprint density at radius 3 is 2.39 bits per heavy atom. The van der Waals surface area contributed by atoms with Crippen molar-refractivity contribution in [1.82, 2.24) is 20.0 Å². The lowest BCUT2D eigenvalue weighted by Crippen LogP contribution is -2.58. The van der Waals surface area contributed by atoms with Crippen molar-refractivity contribution in [2.24, 2.45) is 0 Å². The van der Waals surface area contributed by atoms with Crippen molar-refractivity contribution in [3.63, 3.8) is 0 Å². The first-order valence-electron chi connectivity index (χ1n) is 12.1. The van der Waals surface area contributed by atoms with Crippen molar-refractivity contribution < 1.29 is 4.79 Å². The minimum Gasteiger partial charge on any atom is -0.354 e. The maximum atomic E-state index is 13.3. The number of benzene rings is 1. The van der Waals surface area contributed by atoms with E-state index in [1.54, 1.807) is 0 Å². The summed E-state index contributed by atoms with van der Waals surface area (Å²) in [4.78, 5) is 28.6. The van der Waals surface area contributed by atoms with Crippen LogP contribution in [0.25, 0.3) is 10.8 Å². The van der Waals surface area contributed by atoms with Gasteiger partial charge in [0.1, 0.15) is 0 Å². The lowest BCUT2D eigenvalue weighted by atomic mass is 9.79. The van der Waals surface area contributed by atoms with Gasteiger partial charge in [0.05, 0.1) is 17.0 Å². The predicted molar refractivity (Wildman–Crippen MR) is 124 cm³/mol. The van der Waals surface area contributed by atoms with Crippen LogP contribution in [0.5, 0.6) is 0 Å². The van der Waals surface area contributed by atoms with Crippen molar-refractivity contribution in [2.45, 2.75) is 83.2 Å². The fourth-order valence-corrected chi connectivity index (χ4v) is 5.51. The molecule has 1 aromatic heterocycles. The normalized spacial score (nSPS) is 20.5. The first-order valence-corrected chi connectivity index (χ1v) is 12.1. The Labute approximate surface area is 185 Å². The number of fused-ring (bicyclic) bond motifs is 1. The Hall–Kier alpha value is -2.21. The summed E-state index contributed by atoms with van der Waals surface area (Å²) in [6.45, 7) is 7.31. The SMILES string of the molecule is CCn1nc([C@@H](C)C(=O)NCC2(N3CCCCC3)CCCCC2)c2ccccc2c1=O. The van der Waals surface area contributed by atoms with Gasteiger partial charge in [-0.3, -0.25) is 14.5 Å². The largest absolute Gasteiger partial charge is 0.354 e. The number of amides is 1. The molecule has 1 aromatic carbocycles. The second kappa shape index (κ2) is 9.51. The van der Waals surface area contributed by atoms with Gasteiger partial charge in [-0.05, 0) is 58.7 Å². The Morgan fingerprint density at radius 1 is 1.06 bits per heavy atom. The summed E-state index contributed by atoms with van der Waals surface area (Å²) < 4.78 is 1.47. The average Bonchev–Trinajstić information content (AvgIpc) is 2.83. The summed E-state index contributed by atoms with van der Waals surface area (Å²) in [6.07, 6.45) is 9.98. The number of hydrogen-bond acceptors (Lipinski definition) is 4. The Kier molecular flexibility index (Phi) is 6.75. The molecule has 0 bridgehead atoms. The van der Waals surface area contributed by atoms with E-state index in [4.69, 9.17) is 0 Å². The second-order valence-corrected chi connectivity index (χ2v) is 9.32. The molecule has 2 heterocycles. The highest BCUT2D eigenvalue weighted by Gasteiger charge is 2.39. The molecule has 1 amide bonds. The van der Waals surface area contributed by atoms with Crippen molar-refractivity contribution >= 4 is 16.7 Å². The van der Waals surface area contributed by atoms with E-state index in [-0.39, 0.29) is 17.0 Å². The summed E-state index contributed by atoms with van der Waals surface area (Å²) in [5.41, 5.74) is 0.692. The minimum absolute atomic E-state index is 0.000845. The van der Waals surface area contributed by atoms with Gasteiger partial charge in [0.15, 0.2) is 0 Å². The van der Waals surface area contributed by atoms with E-state index in [1.807, 2.05) is 38.1 Å². The van der Waals surface area contributed by atoms with Gasteiger partial charge in [-0.15, -0.1) is 0 Å². The summed E-state index contributed by atoms with van der Waals surface area (Å²) in [6, 6.07) is 7.50. The number of nitrogens with one attached hydrogen (secondary N) is 1. The molecule has 0 unspecified atom stereocenters. The molecule has 2 aliphatic rings. The van der Waals surface area contributed by atoms with Crippen LogP contribution in [0.3, 0.4) is 0 Å². The number of hydrogen-bond donors (Lipinski definition) is 1. The Morgan fingerprint density at radius 2 is 1.71 bits per heavy atom. The van der Waals surface area contributed by atoms with E-state index in [9.17, 15) is 9.59 Å². The summed E-state index contributed by atoms with van der Waals surface area (Å²) in [5.74, 6) is -0.411.